The Hall–Kier alpha value is -0.850. The van der Waals surface area contributed by atoms with Crippen LogP contribution in [0.25, 0.3) is 0 Å². The van der Waals surface area contributed by atoms with Crippen molar-refractivity contribution in [3.8, 4) is 0 Å². The molecule has 0 bridgehead atoms. The SMILES string of the molecule is CCc1cccc(CC)c1NS(=O)(=O)c1cc(Br)sc1C. The van der Waals surface area contributed by atoms with E-state index in [9.17, 15) is 8.42 Å². The topological polar surface area (TPSA) is 46.2 Å². The quantitative estimate of drug-likeness (QED) is 0.804. The van der Waals surface area contributed by atoms with Gasteiger partial charge in [0.2, 0.25) is 0 Å². The molecule has 2 rings (SSSR count). The molecule has 1 N–H and O–H groups in total. The fraction of sp³-hybridized carbons (Fsp3) is 0.333. The molecule has 0 radical (unpaired) electrons. The molecular weight excluding hydrogens is 370 g/mol. The average Bonchev–Trinajstić information content (AvgIpc) is 2.78. The summed E-state index contributed by atoms with van der Waals surface area (Å²) in [6.45, 7) is 5.87. The summed E-state index contributed by atoms with van der Waals surface area (Å²) in [6, 6.07) is 7.56. The Bertz CT molecular complexity index is 729. The van der Waals surface area contributed by atoms with Gasteiger partial charge in [-0.15, -0.1) is 11.3 Å². The van der Waals surface area contributed by atoms with Crippen LogP contribution in [0.2, 0.25) is 0 Å². The van der Waals surface area contributed by atoms with Gasteiger partial charge in [0, 0.05) is 4.88 Å². The third-order valence-corrected chi connectivity index (χ3v) is 6.53. The van der Waals surface area contributed by atoms with Gasteiger partial charge in [-0.05, 0) is 52.9 Å². The van der Waals surface area contributed by atoms with Crippen molar-refractivity contribution >= 4 is 43.0 Å². The highest BCUT2D eigenvalue weighted by atomic mass is 79.9. The zero-order valence-electron chi connectivity index (χ0n) is 12.2. The Kier molecular flexibility index (Phi) is 5.11. The highest BCUT2D eigenvalue weighted by Crippen LogP contribution is 2.32. The van der Waals surface area contributed by atoms with Crippen LogP contribution in [-0.2, 0) is 22.9 Å². The maximum Gasteiger partial charge on any atom is 0.263 e. The molecule has 21 heavy (non-hydrogen) atoms. The van der Waals surface area contributed by atoms with Gasteiger partial charge >= 0.3 is 0 Å². The minimum absolute atomic E-state index is 0.340. The predicted molar refractivity (Wildman–Crippen MR) is 92.8 cm³/mol. The summed E-state index contributed by atoms with van der Waals surface area (Å²) in [4.78, 5) is 1.12. The van der Waals surface area contributed by atoms with Crippen molar-refractivity contribution in [2.75, 3.05) is 4.72 Å². The molecule has 0 spiro atoms. The molecule has 0 unspecified atom stereocenters. The Morgan fingerprint density at radius 1 is 1.19 bits per heavy atom. The standard InChI is InChI=1S/C15H18BrNO2S2/c1-4-11-7-6-8-12(5-2)15(11)17-21(18,19)13-9-14(16)20-10(13)3/h6-9,17H,4-5H2,1-3H3. The molecule has 2 aromatic rings. The first kappa shape index (κ1) is 16.5. The molecular formula is C15H18BrNO2S2. The lowest BCUT2D eigenvalue weighted by Gasteiger charge is -2.15. The van der Waals surface area contributed by atoms with E-state index in [2.05, 4.69) is 20.7 Å². The number of benzene rings is 1. The number of halogens is 1. The van der Waals surface area contributed by atoms with E-state index in [1.807, 2.05) is 39.0 Å². The van der Waals surface area contributed by atoms with Crippen LogP contribution in [0.5, 0.6) is 0 Å². The summed E-state index contributed by atoms with van der Waals surface area (Å²) in [5.41, 5.74) is 2.76. The zero-order valence-corrected chi connectivity index (χ0v) is 15.5. The summed E-state index contributed by atoms with van der Waals surface area (Å²) in [5, 5.41) is 0. The second-order valence-corrected chi connectivity index (χ2v) is 9.02. The number of hydrogen-bond acceptors (Lipinski definition) is 3. The van der Waals surface area contributed by atoms with Crippen LogP contribution in [-0.4, -0.2) is 8.42 Å². The summed E-state index contributed by atoms with van der Waals surface area (Å²) in [6.07, 6.45) is 1.58. The number of sulfonamides is 1. The largest absolute Gasteiger partial charge is 0.279 e. The first-order valence-corrected chi connectivity index (χ1v) is 9.87. The normalized spacial score (nSPS) is 11.6. The van der Waals surface area contributed by atoms with Crippen molar-refractivity contribution in [3.05, 3.63) is 44.1 Å². The summed E-state index contributed by atoms with van der Waals surface area (Å²) in [7, 11) is -3.56. The maximum absolute atomic E-state index is 12.6. The molecule has 1 heterocycles. The molecule has 0 aliphatic rings. The molecule has 114 valence electrons. The second-order valence-electron chi connectivity index (χ2n) is 4.73. The van der Waals surface area contributed by atoms with E-state index in [0.717, 1.165) is 38.3 Å². The van der Waals surface area contributed by atoms with E-state index in [4.69, 9.17) is 0 Å². The number of aryl methyl sites for hydroxylation is 3. The Morgan fingerprint density at radius 3 is 2.19 bits per heavy atom. The summed E-state index contributed by atoms with van der Waals surface area (Å²) < 4.78 is 28.9. The van der Waals surface area contributed by atoms with Crippen LogP contribution in [0, 0.1) is 6.92 Å². The van der Waals surface area contributed by atoms with E-state index in [1.54, 1.807) is 6.07 Å². The van der Waals surface area contributed by atoms with Crippen molar-refractivity contribution < 1.29 is 8.42 Å². The zero-order chi connectivity index (χ0) is 15.6. The van der Waals surface area contributed by atoms with Crippen LogP contribution < -0.4 is 4.72 Å². The minimum atomic E-state index is -3.56. The van der Waals surface area contributed by atoms with E-state index >= 15 is 0 Å². The van der Waals surface area contributed by atoms with Crippen molar-refractivity contribution in [1.82, 2.24) is 0 Å². The number of nitrogens with one attached hydrogen (secondary N) is 1. The van der Waals surface area contributed by atoms with Gasteiger partial charge in [-0.1, -0.05) is 32.0 Å². The third kappa shape index (κ3) is 3.49. The lowest BCUT2D eigenvalue weighted by atomic mass is 10.0. The first-order valence-electron chi connectivity index (χ1n) is 6.78. The van der Waals surface area contributed by atoms with E-state index in [1.165, 1.54) is 11.3 Å². The van der Waals surface area contributed by atoms with Gasteiger partial charge in [0.25, 0.3) is 10.0 Å². The fourth-order valence-corrected chi connectivity index (χ4v) is 5.82. The minimum Gasteiger partial charge on any atom is -0.279 e. The molecule has 6 heteroatoms. The molecule has 0 saturated carbocycles. The Labute approximate surface area is 138 Å². The van der Waals surface area contributed by atoms with Gasteiger partial charge < -0.3 is 0 Å². The van der Waals surface area contributed by atoms with Gasteiger partial charge in [0.05, 0.1) is 9.47 Å². The molecule has 0 fully saturated rings. The lowest BCUT2D eigenvalue weighted by Crippen LogP contribution is -2.15. The number of thiophene rings is 1. The highest BCUT2D eigenvalue weighted by molar-refractivity contribution is 9.11. The average molecular weight is 388 g/mol. The van der Waals surface area contributed by atoms with Crippen LogP contribution in [0.3, 0.4) is 0 Å². The monoisotopic (exact) mass is 387 g/mol. The predicted octanol–water partition coefficient (Wildman–Crippen LogP) is 4.74. The molecule has 0 aliphatic heterocycles. The Balaban J connectivity index is 2.48. The van der Waals surface area contributed by atoms with Gasteiger partial charge in [-0.25, -0.2) is 8.42 Å². The number of para-hydroxylation sites is 1. The van der Waals surface area contributed by atoms with Crippen LogP contribution >= 0.6 is 27.3 Å². The second kappa shape index (κ2) is 6.50. The van der Waals surface area contributed by atoms with E-state index < -0.39 is 10.0 Å². The van der Waals surface area contributed by atoms with Crippen molar-refractivity contribution in [3.63, 3.8) is 0 Å². The smallest absolute Gasteiger partial charge is 0.263 e. The number of rotatable bonds is 5. The van der Waals surface area contributed by atoms with Crippen LogP contribution in [0.1, 0.15) is 29.9 Å². The van der Waals surface area contributed by atoms with E-state index in [0.29, 0.717) is 4.90 Å². The summed E-state index contributed by atoms with van der Waals surface area (Å²) in [5.74, 6) is 0. The molecule has 0 atom stereocenters. The van der Waals surface area contributed by atoms with Gasteiger partial charge in [-0.2, -0.15) is 0 Å². The van der Waals surface area contributed by atoms with Crippen molar-refractivity contribution in [2.24, 2.45) is 0 Å². The molecule has 0 aliphatic carbocycles. The molecule has 0 amide bonds. The first-order chi connectivity index (χ1) is 9.89. The molecule has 0 saturated heterocycles. The van der Waals surface area contributed by atoms with Gasteiger partial charge in [0.1, 0.15) is 4.90 Å². The van der Waals surface area contributed by atoms with Crippen molar-refractivity contribution in [2.45, 2.75) is 38.5 Å². The maximum atomic E-state index is 12.6. The molecule has 1 aromatic heterocycles. The fourth-order valence-electron chi connectivity index (χ4n) is 2.26. The lowest BCUT2D eigenvalue weighted by molar-refractivity contribution is 0.601. The Morgan fingerprint density at radius 2 is 1.76 bits per heavy atom. The highest BCUT2D eigenvalue weighted by Gasteiger charge is 2.21. The number of anilines is 1. The number of hydrogen-bond donors (Lipinski definition) is 1. The van der Waals surface area contributed by atoms with Crippen molar-refractivity contribution in [1.29, 1.82) is 0 Å². The molecule has 1 aromatic carbocycles. The van der Waals surface area contributed by atoms with Gasteiger partial charge in [0.15, 0.2) is 0 Å². The third-order valence-electron chi connectivity index (χ3n) is 3.37. The molecule has 3 nitrogen and oxygen atoms in total. The van der Waals surface area contributed by atoms with Gasteiger partial charge in [-0.3, -0.25) is 4.72 Å². The van der Waals surface area contributed by atoms with E-state index in [-0.39, 0.29) is 0 Å². The van der Waals surface area contributed by atoms with Crippen LogP contribution in [0.15, 0.2) is 32.9 Å². The van der Waals surface area contributed by atoms with Crippen LogP contribution in [0.4, 0.5) is 5.69 Å². The summed E-state index contributed by atoms with van der Waals surface area (Å²) >= 11 is 4.77.